The van der Waals surface area contributed by atoms with Crippen LogP contribution in [-0.4, -0.2) is 48.6 Å². The first-order chi connectivity index (χ1) is 9.60. The minimum atomic E-state index is 0.626. The molecule has 0 aromatic carbocycles. The topological polar surface area (TPSA) is 6.48 Å². The molecule has 2 heterocycles. The summed E-state index contributed by atoms with van der Waals surface area (Å²) in [5.74, 6) is 1.63. The first-order valence-electron chi connectivity index (χ1n) is 8.74. The second kappa shape index (κ2) is 7.61. The van der Waals surface area contributed by atoms with Crippen LogP contribution in [0.4, 0.5) is 0 Å². The zero-order chi connectivity index (χ0) is 14.5. The highest BCUT2D eigenvalue weighted by Crippen LogP contribution is 2.25. The number of likely N-dealkylation sites (tertiary alicyclic amines) is 2. The van der Waals surface area contributed by atoms with Gasteiger partial charge in [-0.25, -0.2) is 0 Å². The van der Waals surface area contributed by atoms with E-state index in [-0.39, 0.29) is 0 Å². The van der Waals surface area contributed by atoms with Crippen LogP contribution < -0.4 is 0 Å². The molecule has 0 amide bonds. The van der Waals surface area contributed by atoms with Gasteiger partial charge in [-0.15, -0.1) is 0 Å². The summed E-state index contributed by atoms with van der Waals surface area (Å²) in [6.45, 7) is 17.4. The van der Waals surface area contributed by atoms with Crippen molar-refractivity contribution in [2.45, 2.75) is 58.9 Å². The third kappa shape index (κ3) is 4.33. The highest BCUT2D eigenvalue weighted by Gasteiger charge is 2.27. The van der Waals surface area contributed by atoms with Crippen molar-refractivity contribution in [2.24, 2.45) is 11.8 Å². The fourth-order valence-electron chi connectivity index (χ4n) is 3.64. The van der Waals surface area contributed by atoms with Gasteiger partial charge in [0.15, 0.2) is 0 Å². The van der Waals surface area contributed by atoms with Crippen molar-refractivity contribution in [3.63, 3.8) is 0 Å². The summed E-state index contributed by atoms with van der Waals surface area (Å²) >= 11 is 0. The number of hydrogen-bond donors (Lipinski definition) is 0. The number of rotatable bonds is 5. The molecule has 2 fully saturated rings. The average Bonchev–Trinajstić information content (AvgIpc) is 2.48. The lowest BCUT2D eigenvalue weighted by atomic mass is 9.91. The summed E-state index contributed by atoms with van der Waals surface area (Å²) in [5.41, 5.74) is 1.40. The van der Waals surface area contributed by atoms with Gasteiger partial charge in [0, 0.05) is 12.6 Å². The molecule has 2 aliphatic heterocycles. The van der Waals surface area contributed by atoms with Gasteiger partial charge >= 0.3 is 0 Å². The lowest BCUT2D eigenvalue weighted by molar-refractivity contribution is 0.0794. The van der Waals surface area contributed by atoms with Crippen LogP contribution in [0.1, 0.15) is 52.9 Å². The monoisotopic (exact) mass is 278 g/mol. The van der Waals surface area contributed by atoms with E-state index >= 15 is 0 Å². The van der Waals surface area contributed by atoms with Gasteiger partial charge in [0.05, 0.1) is 0 Å². The summed E-state index contributed by atoms with van der Waals surface area (Å²) in [6.07, 6.45) is 6.97. The van der Waals surface area contributed by atoms with Crippen molar-refractivity contribution in [3.05, 3.63) is 12.2 Å². The molecule has 20 heavy (non-hydrogen) atoms. The van der Waals surface area contributed by atoms with Gasteiger partial charge in [-0.2, -0.15) is 0 Å². The van der Waals surface area contributed by atoms with Crippen molar-refractivity contribution >= 4 is 0 Å². The van der Waals surface area contributed by atoms with E-state index in [2.05, 4.69) is 37.1 Å². The van der Waals surface area contributed by atoms with Crippen LogP contribution in [0.2, 0.25) is 0 Å². The molecule has 0 aliphatic carbocycles. The lowest BCUT2D eigenvalue weighted by Gasteiger charge is -2.42. The van der Waals surface area contributed by atoms with E-state index in [0.29, 0.717) is 5.92 Å². The van der Waals surface area contributed by atoms with E-state index in [1.807, 2.05) is 0 Å². The van der Waals surface area contributed by atoms with Crippen LogP contribution in [0.3, 0.4) is 0 Å². The maximum Gasteiger partial charge on any atom is 0.0192 e. The summed E-state index contributed by atoms with van der Waals surface area (Å²) in [6, 6.07) is 0.858. The first kappa shape index (κ1) is 16.0. The summed E-state index contributed by atoms with van der Waals surface area (Å²) < 4.78 is 0. The largest absolute Gasteiger partial charge is 0.300 e. The van der Waals surface area contributed by atoms with Crippen molar-refractivity contribution in [1.29, 1.82) is 0 Å². The Hall–Kier alpha value is -0.340. The van der Waals surface area contributed by atoms with E-state index in [1.165, 1.54) is 63.9 Å². The Kier molecular flexibility index (Phi) is 6.10. The molecule has 0 radical (unpaired) electrons. The van der Waals surface area contributed by atoms with Gasteiger partial charge in [-0.3, -0.25) is 4.90 Å². The first-order valence-corrected chi connectivity index (χ1v) is 8.74. The minimum absolute atomic E-state index is 0.626. The normalized spacial score (nSPS) is 24.4. The molecule has 2 aliphatic rings. The Morgan fingerprint density at radius 3 is 2.15 bits per heavy atom. The summed E-state index contributed by atoms with van der Waals surface area (Å²) in [7, 11) is 0. The van der Waals surface area contributed by atoms with E-state index < -0.39 is 0 Å². The van der Waals surface area contributed by atoms with Crippen molar-refractivity contribution in [1.82, 2.24) is 9.80 Å². The highest BCUT2D eigenvalue weighted by molar-refractivity contribution is 5.01. The second-order valence-corrected chi connectivity index (χ2v) is 7.21. The molecule has 2 saturated heterocycles. The molecule has 0 spiro atoms. The predicted molar refractivity (Wildman–Crippen MR) is 88.0 cm³/mol. The summed E-state index contributed by atoms with van der Waals surface area (Å²) in [4.78, 5) is 5.39. The molecule has 0 unspecified atom stereocenters. The fourth-order valence-corrected chi connectivity index (χ4v) is 3.64. The number of nitrogens with zero attached hydrogens (tertiary/aromatic N) is 2. The van der Waals surface area contributed by atoms with Crippen molar-refractivity contribution in [3.8, 4) is 0 Å². The predicted octanol–water partition coefficient (Wildman–Crippen LogP) is 3.79. The van der Waals surface area contributed by atoms with E-state index in [1.54, 1.807) is 0 Å². The number of piperidine rings is 2. The third-order valence-electron chi connectivity index (χ3n) is 5.54. The van der Waals surface area contributed by atoms with E-state index in [9.17, 15) is 0 Å². The van der Waals surface area contributed by atoms with Crippen LogP contribution in [-0.2, 0) is 0 Å². The SMILES string of the molecule is C=C(CN1CCC(N2CCC(CC)CC2)CC1)C(C)C. The van der Waals surface area contributed by atoms with Gasteiger partial charge in [-0.1, -0.05) is 39.3 Å². The van der Waals surface area contributed by atoms with Crippen LogP contribution in [0, 0.1) is 11.8 Å². The average molecular weight is 278 g/mol. The minimum Gasteiger partial charge on any atom is -0.300 e. The molecule has 2 nitrogen and oxygen atoms in total. The second-order valence-electron chi connectivity index (χ2n) is 7.21. The Balaban J connectivity index is 1.70. The molecule has 116 valence electrons. The van der Waals surface area contributed by atoms with Gasteiger partial charge < -0.3 is 4.90 Å². The van der Waals surface area contributed by atoms with Crippen LogP contribution in [0.25, 0.3) is 0 Å². The molecule has 0 bridgehead atoms. The molecule has 2 heteroatoms. The third-order valence-corrected chi connectivity index (χ3v) is 5.54. The molecule has 0 aromatic heterocycles. The standard InChI is InChI=1S/C18H34N2/c1-5-17-6-12-20(13-7-17)18-8-10-19(11-9-18)14-16(4)15(2)3/h15,17-18H,4-14H2,1-3H3. The highest BCUT2D eigenvalue weighted by atomic mass is 15.2. The molecule has 0 N–H and O–H groups in total. The van der Waals surface area contributed by atoms with Crippen LogP contribution >= 0.6 is 0 Å². The van der Waals surface area contributed by atoms with E-state index in [4.69, 9.17) is 0 Å². The molecular weight excluding hydrogens is 244 g/mol. The fraction of sp³-hybridized carbons (Fsp3) is 0.889. The zero-order valence-corrected chi connectivity index (χ0v) is 13.9. The van der Waals surface area contributed by atoms with Gasteiger partial charge in [0.1, 0.15) is 0 Å². The smallest absolute Gasteiger partial charge is 0.0192 e. The van der Waals surface area contributed by atoms with Crippen LogP contribution in [0.5, 0.6) is 0 Å². The number of hydrogen-bond acceptors (Lipinski definition) is 2. The van der Waals surface area contributed by atoms with E-state index in [0.717, 1.165) is 18.5 Å². The van der Waals surface area contributed by atoms with Gasteiger partial charge in [0.2, 0.25) is 0 Å². The maximum atomic E-state index is 4.22. The molecular formula is C18H34N2. The molecule has 0 aromatic rings. The summed E-state index contributed by atoms with van der Waals surface area (Å²) in [5, 5.41) is 0. The van der Waals surface area contributed by atoms with Gasteiger partial charge in [-0.05, 0) is 63.7 Å². The van der Waals surface area contributed by atoms with Crippen molar-refractivity contribution < 1.29 is 0 Å². The van der Waals surface area contributed by atoms with Crippen molar-refractivity contribution in [2.75, 3.05) is 32.7 Å². The lowest BCUT2D eigenvalue weighted by Crippen LogP contribution is -2.48. The Bertz CT molecular complexity index is 295. The molecule has 0 saturated carbocycles. The van der Waals surface area contributed by atoms with Gasteiger partial charge in [0.25, 0.3) is 0 Å². The zero-order valence-electron chi connectivity index (χ0n) is 13.9. The Labute approximate surface area is 126 Å². The molecule has 2 rings (SSSR count). The molecule has 0 atom stereocenters. The Morgan fingerprint density at radius 1 is 1.05 bits per heavy atom. The Morgan fingerprint density at radius 2 is 1.65 bits per heavy atom. The van der Waals surface area contributed by atoms with Crippen LogP contribution in [0.15, 0.2) is 12.2 Å². The quantitative estimate of drug-likeness (QED) is 0.706. The maximum absolute atomic E-state index is 4.22.